The Morgan fingerprint density at radius 2 is 0.506 bits per heavy atom. The van der Waals surface area contributed by atoms with Gasteiger partial charge in [-0.3, -0.25) is 14.4 Å². The molecule has 6 heteroatoms. The second-order valence-electron chi connectivity index (χ2n) is 19.8. The smallest absolute Gasteiger partial charge is 0.306 e. The lowest BCUT2D eigenvalue weighted by Gasteiger charge is -2.18. The molecule has 0 aliphatic rings. The molecule has 0 aliphatic carbocycles. The molecule has 0 heterocycles. The van der Waals surface area contributed by atoms with Crippen LogP contribution in [-0.4, -0.2) is 37.2 Å². The molecule has 0 saturated heterocycles. The number of carbonyl (C=O) groups excluding carboxylic acids is 3. The predicted molar refractivity (Wildman–Crippen MR) is 334 cm³/mol. The summed E-state index contributed by atoms with van der Waals surface area (Å²) in [5.41, 5.74) is 0. The molecule has 1 atom stereocenters. The number of esters is 3. The highest BCUT2D eigenvalue weighted by Gasteiger charge is 2.19. The van der Waals surface area contributed by atoms with E-state index in [0.29, 0.717) is 19.3 Å². The summed E-state index contributed by atoms with van der Waals surface area (Å²) in [4.78, 5) is 38.3. The van der Waals surface area contributed by atoms with Crippen molar-refractivity contribution in [3.05, 3.63) is 158 Å². The average molecular weight is 1060 g/mol. The minimum Gasteiger partial charge on any atom is -0.462 e. The predicted octanol–water partition coefficient (Wildman–Crippen LogP) is 21.3. The lowest BCUT2D eigenvalue weighted by atomic mass is 10.1. The van der Waals surface area contributed by atoms with E-state index in [-0.39, 0.29) is 37.5 Å². The van der Waals surface area contributed by atoms with Gasteiger partial charge < -0.3 is 14.2 Å². The van der Waals surface area contributed by atoms with Gasteiger partial charge in [0.2, 0.25) is 0 Å². The van der Waals surface area contributed by atoms with E-state index < -0.39 is 6.10 Å². The normalized spacial score (nSPS) is 13.2. The van der Waals surface area contributed by atoms with Crippen LogP contribution in [0.25, 0.3) is 0 Å². The Morgan fingerprint density at radius 3 is 0.805 bits per heavy atom. The second-order valence-corrected chi connectivity index (χ2v) is 19.8. The summed E-state index contributed by atoms with van der Waals surface area (Å²) in [5, 5.41) is 0. The van der Waals surface area contributed by atoms with Crippen LogP contribution in [0.5, 0.6) is 0 Å². The van der Waals surface area contributed by atoms with Crippen LogP contribution in [-0.2, 0) is 28.6 Å². The first-order valence-corrected chi connectivity index (χ1v) is 31.0. The van der Waals surface area contributed by atoms with Crippen LogP contribution in [0.15, 0.2) is 158 Å². The molecule has 0 aromatic rings. The van der Waals surface area contributed by atoms with E-state index in [0.717, 1.165) is 167 Å². The summed E-state index contributed by atoms with van der Waals surface area (Å²) >= 11 is 0. The maximum absolute atomic E-state index is 12.9. The number of allylic oxidation sites excluding steroid dienone is 26. The maximum atomic E-state index is 12.9. The Morgan fingerprint density at radius 1 is 0.273 bits per heavy atom. The van der Waals surface area contributed by atoms with Gasteiger partial charge in [0, 0.05) is 19.3 Å². The van der Waals surface area contributed by atoms with E-state index in [1.807, 2.05) is 0 Å². The highest BCUT2D eigenvalue weighted by atomic mass is 16.6. The molecule has 0 saturated carbocycles. The van der Waals surface area contributed by atoms with Crippen LogP contribution in [0.2, 0.25) is 0 Å². The van der Waals surface area contributed by atoms with Gasteiger partial charge >= 0.3 is 17.9 Å². The third-order valence-electron chi connectivity index (χ3n) is 12.5. The zero-order chi connectivity index (χ0) is 55.7. The van der Waals surface area contributed by atoms with Crippen LogP contribution in [0.1, 0.15) is 252 Å². The fourth-order valence-electron chi connectivity index (χ4n) is 7.91. The molecular weight excluding hydrogens is 949 g/mol. The zero-order valence-corrected chi connectivity index (χ0v) is 49.4. The van der Waals surface area contributed by atoms with Crippen LogP contribution in [0.3, 0.4) is 0 Å². The van der Waals surface area contributed by atoms with E-state index >= 15 is 0 Å². The Kier molecular flexibility index (Phi) is 59.5. The second kappa shape index (κ2) is 63.6. The third-order valence-corrected chi connectivity index (χ3v) is 12.5. The molecule has 0 radical (unpaired) electrons. The first-order chi connectivity index (χ1) is 38.0. The molecule has 0 N–H and O–H groups in total. The molecule has 0 fully saturated rings. The molecule has 6 nitrogen and oxygen atoms in total. The van der Waals surface area contributed by atoms with Gasteiger partial charge in [-0.25, -0.2) is 0 Å². The Labute approximate surface area is 473 Å². The van der Waals surface area contributed by atoms with Gasteiger partial charge in [-0.05, 0) is 148 Å². The molecule has 0 aromatic carbocycles. The number of rotatable bonds is 54. The van der Waals surface area contributed by atoms with Crippen molar-refractivity contribution in [2.75, 3.05) is 13.2 Å². The molecule has 0 bridgehead atoms. The summed E-state index contributed by atoms with van der Waals surface area (Å²) in [6.45, 7) is 6.33. The molecule has 77 heavy (non-hydrogen) atoms. The van der Waals surface area contributed by atoms with Gasteiger partial charge in [-0.15, -0.1) is 0 Å². The van der Waals surface area contributed by atoms with Crippen LogP contribution < -0.4 is 0 Å². The van der Waals surface area contributed by atoms with E-state index in [2.05, 4.69) is 179 Å². The van der Waals surface area contributed by atoms with Gasteiger partial charge in [0.25, 0.3) is 0 Å². The first kappa shape index (κ1) is 72.0. The van der Waals surface area contributed by atoms with Crippen molar-refractivity contribution in [3.8, 4) is 0 Å². The number of unbranched alkanes of at least 4 members (excludes halogenated alkanes) is 17. The fourth-order valence-corrected chi connectivity index (χ4v) is 7.91. The Balaban J connectivity index is 4.55. The van der Waals surface area contributed by atoms with Crippen molar-refractivity contribution in [2.45, 2.75) is 258 Å². The SMILES string of the molecule is CC/C=C\C/C=C\C/C=C\C/C=C\C/C=C\CCCCCCCC(=O)OCC(COC(=O)CCCCCCCC/C=C\C/C=C\C/C=C\CCCCC)OC(=O)CCCCC/C=C\C/C=C\C/C=C\C/C=C\C/C=C\CC. The molecule has 0 aromatic heterocycles. The van der Waals surface area contributed by atoms with Crippen LogP contribution in [0, 0.1) is 0 Å². The Hall–Kier alpha value is -4.97. The van der Waals surface area contributed by atoms with Crippen molar-refractivity contribution < 1.29 is 28.6 Å². The molecule has 0 rings (SSSR count). The van der Waals surface area contributed by atoms with Crippen LogP contribution in [0.4, 0.5) is 0 Å². The lowest BCUT2D eigenvalue weighted by molar-refractivity contribution is -0.167. The summed E-state index contributed by atoms with van der Waals surface area (Å²) in [7, 11) is 0. The summed E-state index contributed by atoms with van der Waals surface area (Å²) in [6.07, 6.45) is 92.3. The quantitative estimate of drug-likeness (QED) is 0.0261. The van der Waals surface area contributed by atoms with E-state index in [4.69, 9.17) is 14.2 Å². The van der Waals surface area contributed by atoms with Crippen molar-refractivity contribution in [1.29, 1.82) is 0 Å². The van der Waals surface area contributed by atoms with Crippen molar-refractivity contribution in [1.82, 2.24) is 0 Å². The molecule has 0 aliphatic heterocycles. The van der Waals surface area contributed by atoms with Crippen LogP contribution >= 0.6 is 0 Å². The molecule has 1 unspecified atom stereocenters. The van der Waals surface area contributed by atoms with E-state index in [9.17, 15) is 14.4 Å². The van der Waals surface area contributed by atoms with Crippen molar-refractivity contribution in [3.63, 3.8) is 0 Å². The largest absolute Gasteiger partial charge is 0.462 e. The monoisotopic (exact) mass is 1060 g/mol. The van der Waals surface area contributed by atoms with E-state index in [1.54, 1.807) is 0 Å². The first-order valence-electron chi connectivity index (χ1n) is 31.0. The van der Waals surface area contributed by atoms with Crippen molar-refractivity contribution >= 4 is 17.9 Å². The Bertz CT molecular complexity index is 1740. The van der Waals surface area contributed by atoms with Gasteiger partial charge in [0.05, 0.1) is 0 Å². The average Bonchev–Trinajstić information content (AvgIpc) is 3.43. The van der Waals surface area contributed by atoms with E-state index in [1.165, 1.54) is 38.5 Å². The number of carbonyl (C=O) groups is 3. The molecule has 0 amide bonds. The van der Waals surface area contributed by atoms with Gasteiger partial charge in [0.1, 0.15) is 13.2 Å². The summed E-state index contributed by atoms with van der Waals surface area (Å²) in [5.74, 6) is -0.979. The molecule has 432 valence electrons. The zero-order valence-electron chi connectivity index (χ0n) is 49.4. The highest BCUT2D eigenvalue weighted by molar-refractivity contribution is 5.71. The lowest BCUT2D eigenvalue weighted by Crippen LogP contribution is -2.30. The molecule has 0 spiro atoms. The number of hydrogen-bond acceptors (Lipinski definition) is 6. The van der Waals surface area contributed by atoms with Crippen molar-refractivity contribution in [2.24, 2.45) is 0 Å². The standard InChI is InChI=1S/C71H112O6/c1-4-7-10-13-16-19-22-25-28-31-34-35-38-40-43-46-49-52-55-58-61-64-70(73)76-67-68(77-71(74)65-62-59-56-53-50-47-44-41-37-33-30-27-24-21-18-15-12-9-6-3)66-75-69(72)63-60-57-54-51-48-45-42-39-36-32-29-26-23-20-17-14-11-8-5-2/h7,9-10,12,16-21,25-30,34-37,39-41,43,47,50,68H,4-6,8,11,13-15,22-24,31-33,38,42,44-46,48-49,51-67H2,1-3H3/b10-7-,12-9-,19-16-,20-17-,21-18-,28-25-,29-26-,30-27-,35-34-,39-36-,41-37-,43-40-,50-47-. The fraction of sp³-hybridized carbons (Fsp3) is 0.592. The summed E-state index contributed by atoms with van der Waals surface area (Å²) < 4.78 is 16.9. The maximum Gasteiger partial charge on any atom is 0.306 e. The summed E-state index contributed by atoms with van der Waals surface area (Å²) in [6, 6.07) is 0. The number of ether oxygens (including phenoxy) is 3. The van der Waals surface area contributed by atoms with Gasteiger partial charge in [0.15, 0.2) is 6.10 Å². The van der Waals surface area contributed by atoms with Gasteiger partial charge in [-0.1, -0.05) is 243 Å². The number of hydrogen-bond donors (Lipinski definition) is 0. The molecular formula is C71H112O6. The topological polar surface area (TPSA) is 78.9 Å². The third kappa shape index (κ3) is 61.8. The van der Waals surface area contributed by atoms with Gasteiger partial charge in [-0.2, -0.15) is 0 Å². The minimum absolute atomic E-state index is 0.112. The highest BCUT2D eigenvalue weighted by Crippen LogP contribution is 2.13. The minimum atomic E-state index is -0.819.